The average Bonchev–Trinajstić information content (AvgIpc) is 3.04. The van der Waals surface area contributed by atoms with Crippen LogP contribution in [-0.4, -0.2) is 189 Å². The SMILES string of the molecule is COC1OC(COCCO)[C@@H](O[C@@H]2O[C@@H](COCCO)C(OC3OC(COCCO)[C@@H](C)C(O)[C@@H]3N)C(O)C2N)C(O)[C@@H]1NC(C)=O. The molecule has 0 saturated carbocycles. The molecule has 0 spiro atoms. The summed E-state index contributed by atoms with van der Waals surface area (Å²) in [6.07, 6.45) is -13.0. The van der Waals surface area contributed by atoms with Crippen LogP contribution in [0.5, 0.6) is 0 Å². The Hall–Kier alpha value is -1.21. The van der Waals surface area contributed by atoms with Crippen molar-refractivity contribution in [2.45, 2.75) is 99.7 Å². The molecule has 3 rings (SSSR count). The molecule has 0 radical (unpaired) electrons. The van der Waals surface area contributed by atoms with Gasteiger partial charge in [0.25, 0.3) is 0 Å². The van der Waals surface area contributed by atoms with Gasteiger partial charge in [0.15, 0.2) is 18.9 Å². The first kappa shape index (κ1) is 40.2. The Kier molecular flexibility index (Phi) is 17.0. The molecule has 3 aliphatic rings. The third kappa shape index (κ3) is 10.6. The molecule has 19 heteroatoms. The molecule has 3 fully saturated rings. The van der Waals surface area contributed by atoms with Crippen molar-refractivity contribution < 1.29 is 78.1 Å². The summed E-state index contributed by atoms with van der Waals surface area (Å²) in [7, 11) is 1.33. The standard InChI is InChI=1S/C28H53N3O16/c1-13-15(10-40-7-4-32)43-26(18(29)21(13)36)46-24-16(11-41-8-5-33)44-27(19(30)22(24)37)47-25-17(12-42-9-6-34)45-28(39-3)20(23(25)38)31-14(2)35/h13,15-28,32-34,36-38H,4-12,29-30H2,1-3H3,(H,31,35)/t13-,15?,16+,17?,18+,19?,20+,21?,22?,23?,24?,25-,26?,27+,28?/m1/s1. The smallest absolute Gasteiger partial charge is 0.217 e. The van der Waals surface area contributed by atoms with Crippen molar-refractivity contribution in [3.05, 3.63) is 0 Å². The van der Waals surface area contributed by atoms with Crippen molar-refractivity contribution in [1.82, 2.24) is 5.32 Å². The lowest BCUT2D eigenvalue weighted by Crippen LogP contribution is -2.69. The van der Waals surface area contributed by atoms with E-state index in [0.29, 0.717) is 0 Å². The molecule has 0 aromatic carbocycles. The summed E-state index contributed by atoms with van der Waals surface area (Å²) >= 11 is 0. The molecule has 0 aliphatic carbocycles. The minimum absolute atomic E-state index is 0.0337. The molecule has 11 N–H and O–H groups in total. The van der Waals surface area contributed by atoms with Gasteiger partial charge in [0.05, 0.1) is 83.8 Å². The molecule has 3 heterocycles. The first-order valence-electron chi connectivity index (χ1n) is 15.7. The Morgan fingerprint density at radius 2 is 1.13 bits per heavy atom. The quantitative estimate of drug-likeness (QED) is 0.0607. The van der Waals surface area contributed by atoms with Gasteiger partial charge in [-0.3, -0.25) is 4.79 Å². The van der Waals surface area contributed by atoms with Crippen LogP contribution in [0.2, 0.25) is 0 Å². The maximum atomic E-state index is 11.9. The van der Waals surface area contributed by atoms with E-state index in [1.54, 1.807) is 6.92 Å². The zero-order valence-corrected chi connectivity index (χ0v) is 26.9. The summed E-state index contributed by atoms with van der Waals surface area (Å²) in [5.74, 6) is -0.919. The van der Waals surface area contributed by atoms with E-state index in [-0.39, 0.29) is 59.5 Å². The van der Waals surface area contributed by atoms with Crippen molar-refractivity contribution in [2.75, 3.05) is 66.6 Å². The highest BCUT2D eigenvalue weighted by molar-refractivity contribution is 5.73. The molecule has 47 heavy (non-hydrogen) atoms. The van der Waals surface area contributed by atoms with Crippen LogP contribution in [0, 0.1) is 5.92 Å². The summed E-state index contributed by atoms with van der Waals surface area (Å²) in [5, 5.41) is 63.7. The Morgan fingerprint density at radius 1 is 0.702 bits per heavy atom. The lowest BCUT2D eigenvalue weighted by molar-refractivity contribution is -0.349. The Morgan fingerprint density at radius 3 is 1.60 bits per heavy atom. The van der Waals surface area contributed by atoms with E-state index in [2.05, 4.69) is 5.32 Å². The van der Waals surface area contributed by atoms with E-state index in [1.165, 1.54) is 14.0 Å². The van der Waals surface area contributed by atoms with Crippen LogP contribution in [0.15, 0.2) is 0 Å². The zero-order chi connectivity index (χ0) is 34.7. The number of nitrogens with two attached hydrogens (primary N) is 2. The van der Waals surface area contributed by atoms with Crippen LogP contribution >= 0.6 is 0 Å². The third-order valence-corrected chi connectivity index (χ3v) is 8.27. The van der Waals surface area contributed by atoms with E-state index in [1.807, 2.05) is 0 Å². The van der Waals surface area contributed by atoms with Crippen molar-refractivity contribution in [1.29, 1.82) is 0 Å². The number of ether oxygens (including phenoxy) is 9. The number of aliphatic hydroxyl groups is 6. The van der Waals surface area contributed by atoms with E-state index >= 15 is 0 Å². The molecule has 9 unspecified atom stereocenters. The van der Waals surface area contributed by atoms with E-state index < -0.39 is 97.7 Å². The van der Waals surface area contributed by atoms with Crippen molar-refractivity contribution in [3.63, 3.8) is 0 Å². The predicted molar refractivity (Wildman–Crippen MR) is 157 cm³/mol. The normalized spacial score (nSPS) is 41.1. The van der Waals surface area contributed by atoms with Crippen LogP contribution in [0.4, 0.5) is 0 Å². The maximum Gasteiger partial charge on any atom is 0.217 e. The van der Waals surface area contributed by atoms with Gasteiger partial charge in [-0.15, -0.1) is 0 Å². The lowest BCUT2D eigenvalue weighted by atomic mass is 9.89. The molecule has 1 amide bonds. The number of hydrogen-bond donors (Lipinski definition) is 9. The topological polar surface area (TPSA) is 286 Å². The number of nitrogens with one attached hydrogen (secondary N) is 1. The van der Waals surface area contributed by atoms with Crippen LogP contribution in [0.3, 0.4) is 0 Å². The zero-order valence-electron chi connectivity index (χ0n) is 26.9. The average molecular weight is 688 g/mol. The van der Waals surface area contributed by atoms with E-state index in [9.17, 15) is 30.3 Å². The molecule has 15 atom stereocenters. The minimum atomic E-state index is -1.50. The van der Waals surface area contributed by atoms with Gasteiger partial charge in [-0.2, -0.15) is 0 Å². The Labute approximate surface area is 273 Å². The van der Waals surface area contributed by atoms with Gasteiger partial charge in [-0.25, -0.2) is 0 Å². The Bertz CT molecular complexity index is 912. The van der Waals surface area contributed by atoms with Crippen LogP contribution in [-0.2, 0) is 47.4 Å². The molecule has 19 nitrogen and oxygen atoms in total. The van der Waals surface area contributed by atoms with Crippen LogP contribution in [0.1, 0.15) is 13.8 Å². The number of carbonyl (C=O) groups excluding carboxylic acids is 1. The highest BCUT2D eigenvalue weighted by atomic mass is 16.7. The summed E-state index contributed by atoms with van der Waals surface area (Å²) < 4.78 is 52.0. The summed E-state index contributed by atoms with van der Waals surface area (Å²) in [6.45, 7) is 1.81. The van der Waals surface area contributed by atoms with Gasteiger partial charge < -0.3 is 90.1 Å². The van der Waals surface area contributed by atoms with Gasteiger partial charge in [0, 0.05) is 20.0 Å². The summed E-state index contributed by atoms with van der Waals surface area (Å²) in [4.78, 5) is 11.9. The molecule has 3 saturated heterocycles. The van der Waals surface area contributed by atoms with Gasteiger partial charge >= 0.3 is 0 Å². The highest BCUT2D eigenvalue weighted by Gasteiger charge is 2.53. The second-order valence-corrected chi connectivity index (χ2v) is 11.7. The number of carbonyl (C=O) groups is 1. The number of rotatable bonds is 18. The molecular weight excluding hydrogens is 634 g/mol. The number of hydrogen-bond acceptors (Lipinski definition) is 18. The highest BCUT2D eigenvalue weighted by Crippen LogP contribution is 2.33. The fourth-order valence-corrected chi connectivity index (χ4v) is 5.71. The van der Waals surface area contributed by atoms with E-state index in [0.717, 1.165) is 0 Å². The molecule has 0 aromatic heterocycles. The monoisotopic (exact) mass is 687 g/mol. The molecule has 276 valence electrons. The van der Waals surface area contributed by atoms with Gasteiger partial charge in [-0.05, 0) is 0 Å². The second kappa shape index (κ2) is 19.8. The molecule has 3 aliphatic heterocycles. The van der Waals surface area contributed by atoms with Crippen molar-refractivity contribution in [2.24, 2.45) is 17.4 Å². The predicted octanol–water partition coefficient (Wildman–Crippen LogP) is -5.52. The molecule has 0 aromatic rings. The van der Waals surface area contributed by atoms with E-state index in [4.69, 9.17) is 59.2 Å². The van der Waals surface area contributed by atoms with Crippen molar-refractivity contribution >= 4 is 5.91 Å². The minimum Gasteiger partial charge on any atom is -0.394 e. The van der Waals surface area contributed by atoms with Crippen LogP contribution < -0.4 is 16.8 Å². The van der Waals surface area contributed by atoms with Gasteiger partial charge in [-0.1, -0.05) is 6.92 Å². The van der Waals surface area contributed by atoms with Gasteiger partial charge in [0.2, 0.25) is 5.91 Å². The largest absolute Gasteiger partial charge is 0.394 e. The number of methoxy groups -OCH3 is 1. The molecular formula is C28H53N3O16. The van der Waals surface area contributed by atoms with Gasteiger partial charge in [0.1, 0.15) is 42.7 Å². The molecule has 0 bridgehead atoms. The fraction of sp³-hybridized carbons (Fsp3) is 0.964. The fourth-order valence-electron chi connectivity index (χ4n) is 5.71. The van der Waals surface area contributed by atoms with Crippen molar-refractivity contribution in [3.8, 4) is 0 Å². The number of amides is 1. The van der Waals surface area contributed by atoms with Crippen LogP contribution in [0.25, 0.3) is 0 Å². The number of aliphatic hydroxyl groups excluding tert-OH is 6. The summed E-state index contributed by atoms with van der Waals surface area (Å²) in [6, 6.07) is -3.41. The summed E-state index contributed by atoms with van der Waals surface area (Å²) in [5.41, 5.74) is 12.7. The Balaban J connectivity index is 1.82. The first-order chi connectivity index (χ1) is 22.5. The lowest BCUT2D eigenvalue weighted by Gasteiger charge is -2.49. The third-order valence-electron chi connectivity index (χ3n) is 8.27. The first-order valence-corrected chi connectivity index (χ1v) is 15.7. The second-order valence-electron chi connectivity index (χ2n) is 11.7. The maximum absolute atomic E-state index is 11.9.